The number of nitrogens with zero attached hydrogens (tertiary/aromatic N) is 2. The molecule has 1 aromatic heterocycles. The van der Waals surface area contributed by atoms with Crippen LogP contribution < -0.4 is 16.8 Å². The number of rotatable bonds is 2. The first kappa shape index (κ1) is 10.1. The Bertz CT molecular complexity index is 324. The molecule has 0 aliphatic rings. The fourth-order valence-corrected chi connectivity index (χ4v) is 0.870. The summed E-state index contributed by atoms with van der Waals surface area (Å²) in [6.07, 6.45) is 1.60. The third-order valence-electron chi connectivity index (χ3n) is 1.45. The highest BCUT2D eigenvalue weighted by Crippen LogP contribution is 1.98. The van der Waals surface area contributed by atoms with Crippen LogP contribution in [0.25, 0.3) is 0 Å². The van der Waals surface area contributed by atoms with Gasteiger partial charge in [0.05, 0.1) is 12.8 Å². The van der Waals surface area contributed by atoms with E-state index in [1.807, 2.05) is 6.07 Å². The van der Waals surface area contributed by atoms with Crippen LogP contribution in [0.4, 0.5) is 0 Å². The molecule has 0 saturated carbocycles. The van der Waals surface area contributed by atoms with E-state index >= 15 is 0 Å². The maximum atomic E-state index is 5.20. The second-order valence-corrected chi connectivity index (χ2v) is 2.52. The number of hydrogen-bond acceptors (Lipinski definition) is 2. The molecule has 0 aliphatic heterocycles. The van der Waals surface area contributed by atoms with Crippen molar-refractivity contribution in [2.24, 2.45) is 21.5 Å². The average Bonchev–Trinajstić information content (AvgIpc) is 2.64. The van der Waals surface area contributed by atoms with Gasteiger partial charge in [-0.05, 0) is 12.1 Å². The molecule has 0 atom stereocenters. The standard InChI is InChI=1S/C8H13N5O/c1-11-8(13-7(9)10)12-5-6-3-2-4-14-6/h2-4H,5H2,1H3,(H5,9,10,11,12,13). The van der Waals surface area contributed by atoms with E-state index in [1.165, 1.54) is 0 Å². The van der Waals surface area contributed by atoms with Crippen LogP contribution in [-0.4, -0.2) is 19.0 Å². The fraction of sp³-hybridized carbons (Fsp3) is 0.250. The number of nitrogens with one attached hydrogen (secondary N) is 1. The van der Waals surface area contributed by atoms with Crippen LogP contribution in [-0.2, 0) is 6.54 Å². The maximum absolute atomic E-state index is 5.20. The predicted octanol–water partition coefficient (Wildman–Crippen LogP) is -0.372. The molecule has 0 bridgehead atoms. The zero-order valence-electron chi connectivity index (χ0n) is 7.90. The molecule has 0 amide bonds. The zero-order chi connectivity index (χ0) is 10.4. The molecule has 0 radical (unpaired) electrons. The van der Waals surface area contributed by atoms with Crippen LogP contribution in [0.1, 0.15) is 5.76 Å². The van der Waals surface area contributed by atoms with Gasteiger partial charge in [0.2, 0.25) is 5.96 Å². The summed E-state index contributed by atoms with van der Waals surface area (Å²) >= 11 is 0. The van der Waals surface area contributed by atoms with E-state index in [2.05, 4.69) is 15.3 Å². The second-order valence-electron chi connectivity index (χ2n) is 2.52. The summed E-state index contributed by atoms with van der Waals surface area (Å²) < 4.78 is 5.10. The van der Waals surface area contributed by atoms with Crippen molar-refractivity contribution in [2.45, 2.75) is 6.54 Å². The van der Waals surface area contributed by atoms with Gasteiger partial charge in [0.15, 0.2) is 5.96 Å². The molecule has 1 heterocycles. The second kappa shape index (κ2) is 4.90. The van der Waals surface area contributed by atoms with Crippen molar-refractivity contribution >= 4 is 11.9 Å². The van der Waals surface area contributed by atoms with Crippen molar-refractivity contribution in [1.82, 2.24) is 5.32 Å². The van der Waals surface area contributed by atoms with Gasteiger partial charge < -0.3 is 21.2 Å². The first-order chi connectivity index (χ1) is 6.72. The number of guanidine groups is 2. The molecule has 1 rings (SSSR count). The summed E-state index contributed by atoms with van der Waals surface area (Å²) in [5.74, 6) is 1.14. The van der Waals surface area contributed by atoms with Crippen molar-refractivity contribution in [3.05, 3.63) is 24.2 Å². The van der Waals surface area contributed by atoms with Gasteiger partial charge in [-0.1, -0.05) is 0 Å². The third-order valence-corrected chi connectivity index (χ3v) is 1.45. The topological polar surface area (TPSA) is 102 Å². The highest BCUT2D eigenvalue weighted by molar-refractivity contribution is 5.93. The minimum absolute atomic E-state index is 0.0301. The van der Waals surface area contributed by atoms with Crippen LogP contribution >= 0.6 is 0 Å². The van der Waals surface area contributed by atoms with E-state index < -0.39 is 0 Å². The van der Waals surface area contributed by atoms with E-state index in [1.54, 1.807) is 19.4 Å². The Kier molecular flexibility index (Phi) is 3.54. The lowest BCUT2D eigenvalue weighted by Crippen LogP contribution is -2.29. The molecule has 1 aromatic rings. The van der Waals surface area contributed by atoms with E-state index in [9.17, 15) is 0 Å². The lowest BCUT2D eigenvalue weighted by Gasteiger charge is -2.02. The number of hydrogen-bond donors (Lipinski definition) is 3. The molecule has 0 saturated heterocycles. The molecule has 0 aliphatic carbocycles. The van der Waals surface area contributed by atoms with Gasteiger partial charge in [-0.25, -0.2) is 0 Å². The summed E-state index contributed by atoms with van der Waals surface area (Å²) in [7, 11) is 1.59. The molecule has 5 N–H and O–H groups in total. The van der Waals surface area contributed by atoms with Crippen LogP contribution in [0.5, 0.6) is 0 Å². The molecule has 14 heavy (non-hydrogen) atoms. The van der Waals surface area contributed by atoms with Crippen molar-refractivity contribution in [3.63, 3.8) is 0 Å². The Morgan fingerprint density at radius 3 is 2.86 bits per heavy atom. The number of furan rings is 1. The molecule has 0 fully saturated rings. The molecule has 6 heteroatoms. The minimum Gasteiger partial charge on any atom is -0.467 e. The molecule has 0 aromatic carbocycles. The lowest BCUT2D eigenvalue weighted by atomic mass is 10.4. The van der Waals surface area contributed by atoms with Gasteiger partial charge >= 0.3 is 0 Å². The Morgan fingerprint density at radius 1 is 1.57 bits per heavy atom. The van der Waals surface area contributed by atoms with Gasteiger partial charge in [-0.3, -0.25) is 4.99 Å². The monoisotopic (exact) mass is 195 g/mol. The smallest absolute Gasteiger partial charge is 0.221 e. The van der Waals surface area contributed by atoms with Crippen LogP contribution in [0.15, 0.2) is 32.8 Å². The highest BCUT2D eigenvalue weighted by Gasteiger charge is 1.98. The van der Waals surface area contributed by atoms with Crippen LogP contribution in [0.2, 0.25) is 0 Å². The number of nitrogens with two attached hydrogens (primary N) is 2. The largest absolute Gasteiger partial charge is 0.467 e. The van der Waals surface area contributed by atoms with Crippen molar-refractivity contribution in [2.75, 3.05) is 7.05 Å². The van der Waals surface area contributed by atoms with Crippen molar-refractivity contribution in [3.8, 4) is 0 Å². The summed E-state index contributed by atoms with van der Waals surface area (Å²) in [5.41, 5.74) is 10.4. The first-order valence-electron chi connectivity index (χ1n) is 4.05. The molecule has 6 nitrogen and oxygen atoms in total. The molecule has 0 spiro atoms. The highest BCUT2D eigenvalue weighted by atomic mass is 16.3. The van der Waals surface area contributed by atoms with Gasteiger partial charge in [-0.2, -0.15) is 4.99 Å². The molecule has 0 unspecified atom stereocenters. The van der Waals surface area contributed by atoms with E-state index in [4.69, 9.17) is 15.9 Å². The Labute approximate surface area is 81.7 Å². The summed E-state index contributed by atoms with van der Waals surface area (Å²) in [4.78, 5) is 7.61. The molecule has 76 valence electrons. The normalized spacial score (nSPS) is 11.1. The van der Waals surface area contributed by atoms with Crippen LogP contribution in [0, 0.1) is 0 Å². The lowest BCUT2D eigenvalue weighted by molar-refractivity contribution is 0.503. The van der Waals surface area contributed by atoms with Crippen LogP contribution in [0.3, 0.4) is 0 Å². The molecular weight excluding hydrogens is 182 g/mol. The van der Waals surface area contributed by atoms with E-state index in [0.717, 1.165) is 5.76 Å². The maximum Gasteiger partial charge on any atom is 0.221 e. The minimum atomic E-state index is -0.0301. The predicted molar refractivity (Wildman–Crippen MR) is 54.7 cm³/mol. The van der Waals surface area contributed by atoms with E-state index in [0.29, 0.717) is 12.5 Å². The number of aliphatic imine (C=N–C) groups is 2. The first-order valence-corrected chi connectivity index (χ1v) is 4.05. The van der Waals surface area contributed by atoms with Gasteiger partial charge in [-0.15, -0.1) is 0 Å². The van der Waals surface area contributed by atoms with Crippen molar-refractivity contribution in [1.29, 1.82) is 0 Å². The quantitative estimate of drug-likeness (QED) is 0.442. The van der Waals surface area contributed by atoms with Gasteiger partial charge in [0, 0.05) is 7.05 Å². The fourth-order valence-electron chi connectivity index (χ4n) is 0.870. The third kappa shape index (κ3) is 3.18. The Morgan fingerprint density at radius 2 is 2.36 bits per heavy atom. The molecular formula is C8H13N5O. The Balaban J connectivity index is 2.48. The average molecular weight is 195 g/mol. The summed E-state index contributed by atoms with van der Waals surface area (Å²) in [5, 5.41) is 2.91. The van der Waals surface area contributed by atoms with E-state index in [-0.39, 0.29) is 5.96 Å². The summed E-state index contributed by atoms with van der Waals surface area (Å²) in [6.45, 7) is 0.496. The zero-order valence-corrected chi connectivity index (χ0v) is 7.90. The van der Waals surface area contributed by atoms with Gasteiger partial charge in [0.25, 0.3) is 0 Å². The Hall–Kier alpha value is -1.98. The summed E-state index contributed by atoms with van der Waals surface area (Å²) in [6, 6.07) is 3.65. The van der Waals surface area contributed by atoms with Gasteiger partial charge in [0.1, 0.15) is 5.76 Å². The van der Waals surface area contributed by atoms with Crippen molar-refractivity contribution < 1.29 is 4.42 Å². The SMILES string of the molecule is CN=C(N=C(N)N)NCc1ccco1.